The van der Waals surface area contributed by atoms with E-state index in [4.69, 9.17) is 10.5 Å². The number of amides is 1. The molecule has 0 aromatic heterocycles. The molecule has 2 aromatic rings. The van der Waals surface area contributed by atoms with Crippen LogP contribution >= 0.6 is 15.9 Å². The number of ether oxygens (including phenoxy) is 1. The third-order valence-electron chi connectivity index (χ3n) is 4.13. The van der Waals surface area contributed by atoms with Gasteiger partial charge in [0.25, 0.3) is 5.91 Å². The minimum absolute atomic E-state index is 0.0927. The molecular formula is C18H18BrFN2O2. The van der Waals surface area contributed by atoms with Crippen LogP contribution in [0.15, 0.2) is 46.9 Å². The summed E-state index contributed by atoms with van der Waals surface area (Å²) >= 11 is 3.33. The highest BCUT2D eigenvalue weighted by Crippen LogP contribution is 2.27. The van der Waals surface area contributed by atoms with Crippen molar-refractivity contribution in [1.29, 1.82) is 0 Å². The van der Waals surface area contributed by atoms with Crippen molar-refractivity contribution in [2.45, 2.75) is 6.42 Å². The molecule has 1 atom stereocenters. The van der Waals surface area contributed by atoms with Crippen molar-refractivity contribution in [2.75, 3.05) is 19.6 Å². The Hall–Kier alpha value is -1.92. The van der Waals surface area contributed by atoms with Crippen LogP contribution in [0.2, 0.25) is 0 Å². The lowest BCUT2D eigenvalue weighted by Crippen LogP contribution is -2.29. The molecule has 126 valence electrons. The van der Waals surface area contributed by atoms with Crippen LogP contribution in [0.5, 0.6) is 11.5 Å². The topological polar surface area (TPSA) is 55.6 Å². The number of nitrogens with two attached hydrogens (primary N) is 1. The standard InChI is InChI=1S/C18H18BrFN2O2/c19-14-2-4-15(5-3-14)24-17-6-1-13(9-16(17)20)18(23)22-8-7-12(10-21)11-22/h1-6,9,12H,7-8,10-11,21H2/t12-/m1/s1. The largest absolute Gasteiger partial charge is 0.454 e. The normalized spacial score (nSPS) is 17.1. The second-order valence-electron chi connectivity index (χ2n) is 5.84. The molecule has 1 fully saturated rings. The average Bonchev–Trinajstić information content (AvgIpc) is 3.07. The molecule has 1 aliphatic heterocycles. The fourth-order valence-corrected chi connectivity index (χ4v) is 3.00. The number of carbonyl (C=O) groups is 1. The van der Waals surface area contributed by atoms with E-state index < -0.39 is 5.82 Å². The molecule has 0 spiro atoms. The van der Waals surface area contributed by atoms with Gasteiger partial charge < -0.3 is 15.4 Å². The lowest BCUT2D eigenvalue weighted by Gasteiger charge is -2.17. The van der Waals surface area contributed by atoms with Gasteiger partial charge in [0.1, 0.15) is 5.75 Å². The maximum atomic E-state index is 14.3. The summed E-state index contributed by atoms with van der Waals surface area (Å²) in [6.45, 7) is 1.87. The average molecular weight is 393 g/mol. The molecule has 1 saturated heterocycles. The van der Waals surface area contributed by atoms with Crippen LogP contribution < -0.4 is 10.5 Å². The lowest BCUT2D eigenvalue weighted by atomic mass is 10.1. The second kappa shape index (κ2) is 7.32. The Labute approximate surface area is 148 Å². The monoisotopic (exact) mass is 392 g/mol. The minimum Gasteiger partial charge on any atom is -0.454 e. The maximum absolute atomic E-state index is 14.3. The Morgan fingerprint density at radius 1 is 1.29 bits per heavy atom. The summed E-state index contributed by atoms with van der Waals surface area (Å²) in [6, 6.07) is 11.4. The van der Waals surface area contributed by atoms with Gasteiger partial charge in [-0.2, -0.15) is 0 Å². The molecule has 0 bridgehead atoms. The molecule has 1 aliphatic rings. The molecule has 3 rings (SSSR count). The van der Waals surface area contributed by atoms with Crippen molar-refractivity contribution in [2.24, 2.45) is 11.7 Å². The number of hydrogen-bond acceptors (Lipinski definition) is 3. The van der Waals surface area contributed by atoms with Gasteiger partial charge >= 0.3 is 0 Å². The zero-order valence-electron chi connectivity index (χ0n) is 13.0. The predicted octanol–water partition coefficient (Wildman–Crippen LogP) is 3.80. The van der Waals surface area contributed by atoms with E-state index in [1.54, 1.807) is 23.1 Å². The second-order valence-corrected chi connectivity index (χ2v) is 6.76. The van der Waals surface area contributed by atoms with Gasteiger partial charge in [0.05, 0.1) is 0 Å². The number of hydrogen-bond donors (Lipinski definition) is 1. The fourth-order valence-electron chi connectivity index (χ4n) is 2.74. The molecule has 2 N–H and O–H groups in total. The molecule has 1 amide bonds. The Morgan fingerprint density at radius 2 is 2.04 bits per heavy atom. The van der Waals surface area contributed by atoms with Crippen LogP contribution in [0, 0.1) is 11.7 Å². The van der Waals surface area contributed by atoms with E-state index >= 15 is 0 Å². The number of likely N-dealkylation sites (tertiary alicyclic amines) is 1. The van der Waals surface area contributed by atoms with Gasteiger partial charge in [0.2, 0.25) is 0 Å². The third-order valence-corrected chi connectivity index (χ3v) is 4.66. The predicted molar refractivity (Wildman–Crippen MR) is 93.7 cm³/mol. The Balaban J connectivity index is 1.72. The Morgan fingerprint density at radius 3 is 2.67 bits per heavy atom. The number of benzene rings is 2. The van der Waals surface area contributed by atoms with Crippen molar-refractivity contribution < 1.29 is 13.9 Å². The number of halogens is 2. The first-order valence-electron chi connectivity index (χ1n) is 7.79. The summed E-state index contributed by atoms with van der Waals surface area (Å²) in [5, 5.41) is 0. The van der Waals surface area contributed by atoms with Crippen LogP contribution in [0.1, 0.15) is 16.8 Å². The van der Waals surface area contributed by atoms with Crippen molar-refractivity contribution in [3.05, 3.63) is 58.3 Å². The smallest absolute Gasteiger partial charge is 0.253 e. The van der Waals surface area contributed by atoms with E-state index in [0.717, 1.165) is 10.9 Å². The Bertz CT molecular complexity index is 736. The summed E-state index contributed by atoms with van der Waals surface area (Å²) in [4.78, 5) is 14.2. The molecule has 0 radical (unpaired) electrons. The maximum Gasteiger partial charge on any atom is 0.253 e. The summed E-state index contributed by atoms with van der Waals surface area (Å²) in [5.41, 5.74) is 5.97. The molecule has 0 saturated carbocycles. The van der Waals surface area contributed by atoms with Crippen molar-refractivity contribution >= 4 is 21.8 Å². The van der Waals surface area contributed by atoms with Gasteiger partial charge in [-0.15, -0.1) is 0 Å². The molecule has 4 nitrogen and oxygen atoms in total. The lowest BCUT2D eigenvalue weighted by molar-refractivity contribution is 0.0787. The first kappa shape index (κ1) is 16.9. The number of rotatable bonds is 4. The number of nitrogens with zero attached hydrogens (tertiary/aromatic N) is 1. The molecule has 0 unspecified atom stereocenters. The van der Waals surface area contributed by atoms with E-state index in [2.05, 4.69) is 15.9 Å². The summed E-state index contributed by atoms with van der Waals surface area (Å²) in [6.07, 6.45) is 0.898. The van der Waals surface area contributed by atoms with E-state index in [0.29, 0.717) is 36.9 Å². The fraction of sp³-hybridized carbons (Fsp3) is 0.278. The van der Waals surface area contributed by atoms with E-state index in [1.807, 2.05) is 12.1 Å². The third kappa shape index (κ3) is 3.76. The van der Waals surface area contributed by atoms with E-state index in [-0.39, 0.29) is 11.7 Å². The summed E-state index contributed by atoms with van der Waals surface area (Å²) < 4.78 is 20.7. The van der Waals surface area contributed by atoms with Crippen LogP contribution in [0.25, 0.3) is 0 Å². The van der Waals surface area contributed by atoms with Crippen LogP contribution in [0.4, 0.5) is 4.39 Å². The quantitative estimate of drug-likeness (QED) is 0.860. The first-order valence-corrected chi connectivity index (χ1v) is 8.58. The van der Waals surface area contributed by atoms with Gasteiger partial charge in [-0.05, 0) is 61.3 Å². The zero-order valence-corrected chi connectivity index (χ0v) is 14.6. The molecule has 0 aliphatic carbocycles. The number of carbonyl (C=O) groups excluding carboxylic acids is 1. The van der Waals surface area contributed by atoms with E-state index in [9.17, 15) is 9.18 Å². The van der Waals surface area contributed by atoms with Gasteiger partial charge in [-0.25, -0.2) is 4.39 Å². The SMILES string of the molecule is NC[C@H]1CCN(C(=O)c2ccc(Oc3ccc(Br)cc3)c(F)c2)C1. The van der Waals surface area contributed by atoms with Crippen LogP contribution in [0.3, 0.4) is 0 Å². The van der Waals surface area contributed by atoms with Crippen LogP contribution in [-0.2, 0) is 0 Å². The van der Waals surface area contributed by atoms with Gasteiger partial charge in [-0.1, -0.05) is 15.9 Å². The zero-order chi connectivity index (χ0) is 17.1. The molecule has 6 heteroatoms. The van der Waals surface area contributed by atoms with Gasteiger partial charge in [0, 0.05) is 23.1 Å². The van der Waals surface area contributed by atoms with Gasteiger partial charge in [0.15, 0.2) is 11.6 Å². The Kier molecular flexibility index (Phi) is 5.16. The highest BCUT2D eigenvalue weighted by atomic mass is 79.9. The summed E-state index contributed by atoms with van der Waals surface area (Å²) in [5.74, 6) is 0.230. The van der Waals surface area contributed by atoms with Gasteiger partial charge in [-0.3, -0.25) is 4.79 Å². The van der Waals surface area contributed by atoms with Crippen LogP contribution in [-0.4, -0.2) is 30.4 Å². The van der Waals surface area contributed by atoms with E-state index in [1.165, 1.54) is 12.1 Å². The van der Waals surface area contributed by atoms with Crippen molar-refractivity contribution in [1.82, 2.24) is 4.90 Å². The van der Waals surface area contributed by atoms with Crippen molar-refractivity contribution in [3.63, 3.8) is 0 Å². The highest BCUT2D eigenvalue weighted by Gasteiger charge is 2.26. The molecule has 2 aromatic carbocycles. The summed E-state index contributed by atoms with van der Waals surface area (Å²) in [7, 11) is 0. The van der Waals surface area contributed by atoms with Crippen molar-refractivity contribution in [3.8, 4) is 11.5 Å². The first-order chi connectivity index (χ1) is 11.6. The highest BCUT2D eigenvalue weighted by molar-refractivity contribution is 9.10. The molecule has 24 heavy (non-hydrogen) atoms. The molecule has 1 heterocycles. The molecular weight excluding hydrogens is 375 g/mol. The minimum atomic E-state index is -0.557.